The fourth-order valence-corrected chi connectivity index (χ4v) is 2.15. The Kier molecular flexibility index (Phi) is 3.21. The van der Waals surface area contributed by atoms with Gasteiger partial charge in [0.25, 0.3) is 0 Å². The molecule has 0 aromatic carbocycles. The summed E-state index contributed by atoms with van der Waals surface area (Å²) in [5.74, 6) is 0. The van der Waals surface area contributed by atoms with Gasteiger partial charge in [0, 0.05) is 19.3 Å². The van der Waals surface area contributed by atoms with E-state index in [0.29, 0.717) is 6.04 Å². The van der Waals surface area contributed by atoms with Gasteiger partial charge in [-0.2, -0.15) is 5.10 Å². The molecule has 3 nitrogen and oxygen atoms in total. The summed E-state index contributed by atoms with van der Waals surface area (Å²) in [6, 6.07) is 0.294. The van der Waals surface area contributed by atoms with Crippen LogP contribution in [0.25, 0.3) is 0 Å². The molecule has 2 N–H and O–H groups in total. The standard InChI is InChI=1S/C12H19N3/c1-15-9-11(8-14-15)6-5-10-3-2-4-12(13)7-10/h7-9,12H,2-6,13H2,1H3. The molecule has 1 unspecified atom stereocenters. The van der Waals surface area contributed by atoms with Gasteiger partial charge < -0.3 is 5.73 Å². The molecule has 1 heterocycles. The van der Waals surface area contributed by atoms with Crippen LogP contribution in [0.5, 0.6) is 0 Å². The molecule has 1 aromatic rings. The second kappa shape index (κ2) is 4.62. The molecule has 0 fully saturated rings. The summed E-state index contributed by atoms with van der Waals surface area (Å²) in [4.78, 5) is 0. The smallest absolute Gasteiger partial charge is 0.0521 e. The van der Waals surface area contributed by atoms with Gasteiger partial charge in [0.1, 0.15) is 0 Å². The van der Waals surface area contributed by atoms with E-state index >= 15 is 0 Å². The van der Waals surface area contributed by atoms with Crippen LogP contribution in [0, 0.1) is 0 Å². The highest BCUT2D eigenvalue weighted by Gasteiger charge is 2.09. The second-order valence-corrected chi connectivity index (χ2v) is 4.40. The van der Waals surface area contributed by atoms with Crippen LogP contribution in [0.15, 0.2) is 24.0 Å². The van der Waals surface area contributed by atoms with Crippen LogP contribution in [0.2, 0.25) is 0 Å². The molecule has 0 saturated carbocycles. The molecule has 1 aliphatic rings. The van der Waals surface area contributed by atoms with Gasteiger partial charge in [0.15, 0.2) is 0 Å². The van der Waals surface area contributed by atoms with Gasteiger partial charge in [0.2, 0.25) is 0 Å². The molecule has 0 saturated heterocycles. The van der Waals surface area contributed by atoms with Crippen molar-refractivity contribution in [2.24, 2.45) is 12.8 Å². The Balaban J connectivity index is 1.87. The Morgan fingerprint density at radius 3 is 3.07 bits per heavy atom. The zero-order valence-electron chi connectivity index (χ0n) is 9.32. The predicted octanol–water partition coefficient (Wildman–Crippen LogP) is 1.79. The van der Waals surface area contributed by atoms with E-state index in [4.69, 9.17) is 5.73 Å². The summed E-state index contributed by atoms with van der Waals surface area (Å²) in [5.41, 5.74) is 8.75. The largest absolute Gasteiger partial charge is 0.324 e. The highest BCUT2D eigenvalue weighted by Crippen LogP contribution is 2.21. The summed E-state index contributed by atoms with van der Waals surface area (Å²) in [7, 11) is 1.96. The first-order valence-corrected chi connectivity index (χ1v) is 5.67. The molecule has 0 amide bonds. The lowest BCUT2D eigenvalue weighted by molar-refractivity contribution is 0.609. The summed E-state index contributed by atoms with van der Waals surface area (Å²) >= 11 is 0. The van der Waals surface area contributed by atoms with Crippen molar-refractivity contribution in [1.29, 1.82) is 0 Å². The van der Waals surface area contributed by atoms with E-state index in [9.17, 15) is 0 Å². The van der Waals surface area contributed by atoms with Crippen LogP contribution in [0.3, 0.4) is 0 Å². The first kappa shape index (κ1) is 10.4. The number of allylic oxidation sites excluding steroid dienone is 1. The van der Waals surface area contributed by atoms with Gasteiger partial charge in [0.05, 0.1) is 6.20 Å². The number of hydrogen-bond acceptors (Lipinski definition) is 2. The zero-order valence-corrected chi connectivity index (χ0v) is 9.32. The van der Waals surface area contributed by atoms with E-state index in [2.05, 4.69) is 17.4 Å². The van der Waals surface area contributed by atoms with E-state index in [0.717, 1.165) is 19.3 Å². The van der Waals surface area contributed by atoms with E-state index in [1.807, 2.05) is 17.9 Å². The Morgan fingerprint density at radius 1 is 1.53 bits per heavy atom. The van der Waals surface area contributed by atoms with Crippen LogP contribution in [-0.2, 0) is 13.5 Å². The average molecular weight is 205 g/mol. The molecule has 0 bridgehead atoms. The van der Waals surface area contributed by atoms with Crippen molar-refractivity contribution in [2.45, 2.75) is 38.1 Å². The fraction of sp³-hybridized carbons (Fsp3) is 0.583. The molecule has 3 heteroatoms. The molecular weight excluding hydrogens is 186 g/mol. The van der Waals surface area contributed by atoms with E-state index in [1.165, 1.54) is 24.0 Å². The first-order valence-electron chi connectivity index (χ1n) is 5.67. The minimum absolute atomic E-state index is 0.294. The molecule has 0 radical (unpaired) electrons. The van der Waals surface area contributed by atoms with Gasteiger partial charge in [-0.3, -0.25) is 4.68 Å². The van der Waals surface area contributed by atoms with Crippen LogP contribution < -0.4 is 5.73 Å². The van der Waals surface area contributed by atoms with Crippen LogP contribution in [0.4, 0.5) is 0 Å². The Labute approximate surface area is 91.0 Å². The van der Waals surface area contributed by atoms with E-state index in [-0.39, 0.29) is 0 Å². The van der Waals surface area contributed by atoms with Crippen molar-refractivity contribution in [2.75, 3.05) is 0 Å². The Bertz CT molecular complexity index is 352. The third-order valence-electron chi connectivity index (χ3n) is 2.98. The molecular formula is C12H19N3. The van der Waals surface area contributed by atoms with Gasteiger partial charge in [-0.25, -0.2) is 0 Å². The minimum Gasteiger partial charge on any atom is -0.324 e. The van der Waals surface area contributed by atoms with Crippen molar-refractivity contribution >= 4 is 0 Å². The lowest BCUT2D eigenvalue weighted by atomic mass is 9.92. The highest BCUT2D eigenvalue weighted by atomic mass is 15.2. The predicted molar refractivity (Wildman–Crippen MR) is 61.4 cm³/mol. The Hall–Kier alpha value is -1.09. The molecule has 2 rings (SSSR count). The van der Waals surface area contributed by atoms with Crippen LogP contribution >= 0.6 is 0 Å². The summed E-state index contributed by atoms with van der Waals surface area (Å²) in [6.45, 7) is 0. The monoisotopic (exact) mass is 205 g/mol. The second-order valence-electron chi connectivity index (χ2n) is 4.40. The van der Waals surface area contributed by atoms with Crippen molar-refractivity contribution in [3.05, 3.63) is 29.6 Å². The third kappa shape index (κ3) is 2.93. The molecule has 0 spiro atoms. The van der Waals surface area contributed by atoms with Crippen LogP contribution in [-0.4, -0.2) is 15.8 Å². The SMILES string of the molecule is Cn1cc(CCC2=CC(N)CCC2)cn1. The quantitative estimate of drug-likeness (QED) is 0.765. The maximum absolute atomic E-state index is 5.91. The maximum atomic E-state index is 5.91. The number of aromatic nitrogens is 2. The van der Waals surface area contributed by atoms with E-state index in [1.54, 1.807) is 0 Å². The summed E-state index contributed by atoms with van der Waals surface area (Å²) in [5, 5.41) is 4.17. The van der Waals surface area contributed by atoms with Gasteiger partial charge in [-0.1, -0.05) is 11.6 Å². The molecule has 1 atom stereocenters. The summed E-state index contributed by atoms with van der Waals surface area (Å²) in [6.07, 6.45) is 12.1. The minimum atomic E-state index is 0.294. The number of nitrogens with zero attached hydrogens (tertiary/aromatic N) is 2. The van der Waals surface area contributed by atoms with E-state index < -0.39 is 0 Å². The topological polar surface area (TPSA) is 43.8 Å². The zero-order chi connectivity index (χ0) is 10.7. The first-order chi connectivity index (χ1) is 7.24. The number of rotatable bonds is 3. The van der Waals surface area contributed by atoms with Gasteiger partial charge >= 0.3 is 0 Å². The molecule has 15 heavy (non-hydrogen) atoms. The third-order valence-corrected chi connectivity index (χ3v) is 2.98. The Morgan fingerprint density at radius 2 is 2.40 bits per heavy atom. The van der Waals surface area contributed by atoms with Crippen LogP contribution in [0.1, 0.15) is 31.2 Å². The molecule has 1 aliphatic carbocycles. The van der Waals surface area contributed by atoms with Gasteiger partial charge in [-0.05, 0) is 37.7 Å². The van der Waals surface area contributed by atoms with Gasteiger partial charge in [-0.15, -0.1) is 0 Å². The number of nitrogens with two attached hydrogens (primary N) is 1. The normalized spacial score (nSPS) is 21.5. The molecule has 1 aromatic heterocycles. The fourth-order valence-electron chi connectivity index (χ4n) is 2.15. The lowest BCUT2D eigenvalue weighted by Gasteiger charge is -2.17. The average Bonchev–Trinajstić information content (AvgIpc) is 2.62. The van der Waals surface area contributed by atoms with Crippen molar-refractivity contribution < 1.29 is 0 Å². The lowest BCUT2D eigenvalue weighted by Crippen LogP contribution is -2.20. The van der Waals surface area contributed by atoms with Crippen molar-refractivity contribution in [3.8, 4) is 0 Å². The van der Waals surface area contributed by atoms with Crippen molar-refractivity contribution in [1.82, 2.24) is 9.78 Å². The highest BCUT2D eigenvalue weighted by molar-refractivity contribution is 5.13. The molecule has 0 aliphatic heterocycles. The number of hydrogen-bond donors (Lipinski definition) is 1. The maximum Gasteiger partial charge on any atom is 0.0521 e. The van der Waals surface area contributed by atoms with Crippen molar-refractivity contribution in [3.63, 3.8) is 0 Å². The summed E-state index contributed by atoms with van der Waals surface area (Å²) < 4.78 is 1.86. The number of aryl methyl sites for hydroxylation is 2. The molecule has 82 valence electrons.